The van der Waals surface area contributed by atoms with Gasteiger partial charge in [0.05, 0.1) is 5.56 Å². The van der Waals surface area contributed by atoms with E-state index in [2.05, 4.69) is 10.6 Å². The first kappa shape index (κ1) is 18.6. The van der Waals surface area contributed by atoms with E-state index in [0.717, 1.165) is 5.69 Å². The largest absolute Gasteiger partial charge is 0.478 e. The number of hydrogen-bond donors (Lipinski definition) is 3. The van der Waals surface area contributed by atoms with Gasteiger partial charge in [0.2, 0.25) is 0 Å². The Kier molecular flexibility index (Phi) is 5.17. The molecule has 0 amide bonds. The van der Waals surface area contributed by atoms with Crippen LogP contribution in [0.25, 0.3) is 0 Å². The van der Waals surface area contributed by atoms with Crippen LogP contribution < -0.4 is 10.6 Å². The molecule has 0 unspecified atom stereocenters. The fraction of sp³-hybridized carbons (Fsp3) is 0.529. The van der Waals surface area contributed by atoms with Gasteiger partial charge < -0.3 is 15.7 Å². The number of hydrogen-bond acceptors (Lipinski definition) is 3. The number of carboxylic acid groups (broad SMARTS) is 1. The zero-order valence-electron chi connectivity index (χ0n) is 14.4. The fourth-order valence-electron chi connectivity index (χ4n) is 3.41. The number of hydroxylamine groups is 2. The summed E-state index contributed by atoms with van der Waals surface area (Å²) in [5.74, 6) is -0.962. The lowest BCUT2D eigenvalue weighted by Gasteiger charge is -2.50. The van der Waals surface area contributed by atoms with Gasteiger partial charge in [-0.2, -0.15) is 0 Å². The highest BCUT2D eigenvalue weighted by Crippen LogP contribution is 2.36. The average molecular weight is 350 g/mol. The Bertz CT molecular complexity index is 610. The molecule has 3 N–H and O–H groups in total. The quantitative estimate of drug-likeness (QED) is 0.727. The van der Waals surface area contributed by atoms with Crippen molar-refractivity contribution in [2.24, 2.45) is 0 Å². The highest BCUT2D eigenvalue weighted by molar-refractivity contribution is 7.80. The van der Waals surface area contributed by atoms with Gasteiger partial charge in [-0.3, -0.25) is 0 Å². The highest BCUT2D eigenvalue weighted by Gasteiger charge is 2.46. The molecule has 1 heterocycles. The lowest BCUT2D eigenvalue weighted by atomic mass is 9.79. The molecule has 0 aromatic heterocycles. The number of carbonyl (C=O) groups is 1. The van der Waals surface area contributed by atoms with Gasteiger partial charge in [0.15, 0.2) is 5.11 Å². The summed E-state index contributed by atoms with van der Waals surface area (Å²) in [7, 11) is 0. The Morgan fingerprint density at radius 1 is 1.17 bits per heavy atom. The van der Waals surface area contributed by atoms with Crippen LogP contribution in [0.4, 0.5) is 5.69 Å². The van der Waals surface area contributed by atoms with E-state index in [4.69, 9.17) is 17.3 Å². The zero-order chi connectivity index (χ0) is 18.1. The van der Waals surface area contributed by atoms with Gasteiger partial charge >= 0.3 is 5.97 Å². The fourth-order valence-corrected chi connectivity index (χ4v) is 3.70. The molecule has 1 aliphatic rings. The molecule has 6 nitrogen and oxygen atoms in total. The Balaban J connectivity index is 1.98. The topological polar surface area (TPSA) is 84.5 Å². The first-order valence-electron chi connectivity index (χ1n) is 7.90. The van der Waals surface area contributed by atoms with Crippen molar-refractivity contribution in [2.45, 2.75) is 57.7 Å². The van der Waals surface area contributed by atoms with Crippen molar-refractivity contribution in [2.75, 3.05) is 5.32 Å². The van der Waals surface area contributed by atoms with Crippen molar-refractivity contribution in [1.29, 1.82) is 0 Å². The molecule has 2 rings (SSSR count). The van der Waals surface area contributed by atoms with Gasteiger partial charge in [0, 0.05) is 22.8 Å². The van der Waals surface area contributed by atoms with Crippen LogP contribution in [0.1, 0.15) is 50.9 Å². The van der Waals surface area contributed by atoms with E-state index in [1.54, 1.807) is 12.1 Å². The zero-order valence-corrected chi connectivity index (χ0v) is 15.2. The molecule has 1 aromatic rings. The first-order chi connectivity index (χ1) is 11.0. The van der Waals surface area contributed by atoms with Crippen LogP contribution in [0, 0.1) is 0 Å². The third-order valence-corrected chi connectivity index (χ3v) is 4.54. The Morgan fingerprint density at radius 3 is 2.12 bits per heavy atom. The van der Waals surface area contributed by atoms with E-state index in [1.807, 2.05) is 27.7 Å². The number of piperidine rings is 1. The summed E-state index contributed by atoms with van der Waals surface area (Å²) >= 11 is 5.35. The molecule has 0 saturated carbocycles. The second-order valence-corrected chi connectivity index (χ2v) is 7.91. The van der Waals surface area contributed by atoms with Crippen molar-refractivity contribution >= 4 is 29.0 Å². The number of thiocarbonyl (C=S) groups is 1. The number of nitrogens with zero attached hydrogens (tertiary/aromatic N) is 1. The first-order valence-corrected chi connectivity index (χ1v) is 8.30. The number of aromatic carboxylic acids is 1. The Labute approximate surface area is 147 Å². The monoisotopic (exact) mass is 350 g/mol. The maximum atomic E-state index is 12.4. The summed E-state index contributed by atoms with van der Waals surface area (Å²) in [6.07, 6.45) is 1.39. The number of nitrogens with one attached hydrogen (secondary N) is 2. The number of anilines is 1. The minimum Gasteiger partial charge on any atom is -0.478 e. The van der Waals surface area contributed by atoms with Crippen LogP contribution in [0.15, 0.2) is 24.3 Å². The number of carboxylic acids is 1. The van der Waals surface area contributed by atoms with Gasteiger partial charge in [-0.15, -0.1) is 10.3 Å². The molecule has 7 heteroatoms. The molecule has 1 saturated heterocycles. The molecule has 1 aliphatic heterocycles. The van der Waals surface area contributed by atoms with Crippen LogP contribution in [0.5, 0.6) is 0 Å². The van der Waals surface area contributed by atoms with Crippen LogP contribution in [-0.2, 0) is 5.21 Å². The Hall–Kier alpha value is -1.70. The van der Waals surface area contributed by atoms with Crippen LogP contribution in [0.3, 0.4) is 0 Å². The van der Waals surface area contributed by atoms with E-state index in [9.17, 15) is 10.0 Å². The van der Waals surface area contributed by atoms with Gasteiger partial charge in [0.1, 0.15) is 0 Å². The van der Waals surface area contributed by atoms with Crippen molar-refractivity contribution in [3.8, 4) is 0 Å². The van der Waals surface area contributed by atoms with Crippen molar-refractivity contribution in [1.82, 2.24) is 10.4 Å². The SMILES string of the molecule is CC1(C)CC(NC(=S)Nc2ccc(C(=O)O)cc2)CC(C)(C)N1[O]. The van der Waals surface area contributed by atoms with Gasteiger partial charge in [-0.05, 0) is 77.0 Å². The van der Waals surface area contributed by atoms with Crippen molar-refractivity contribution in [3.63, 3.8) is 0 Å². The maximum absolute atomic E-state index is 12.4. The smallest absolute Gasteiger partial charge is 0.335 e. The molecule has 0 atom stereocenters. The Morgan fingerprint density at radius 2 is 1.67 bits per heavy atom. The van der Waals surface area contributed by atoms with Crippen LogP contribution in [-0.4, -0.2) is 38.4 Å². The van der Waals surface area contributed by atoms with Gasteiger partial charge in [-0.1, -0.05) is 0 Å². The standard InChI is InChI=1S/C17H24N3O3S/c1-16(2)9-13(10-17(3,4)20(16)23)19-15(24)18-12-7-5-11(6-8-12)14(21)22/h5-8,13H,9-10H2,1-4H3,(H,21,22)(H2,18,19,24). The van der Waals surface area contributed by atoms with E-state index in [1.165, 1.54) is 17.2 Å². The summed E-state index contributed by atoms with van der Waals surface area (Å²) in [6.45, 7) is 7.76. The summed E-state index contributed by atoms with van der Waals surface area (Å²) in [4.78, 5) is 10.9. The number of benzene rings is 1. The molecular weight excluding hydrogens is 326 g/mol. The van der Waals surface area contributed by atoms with E-state index >= 15 is 0 Å². The molecule has 1 fully saturated rings. The van der Waals surface area contributed by atoms with Gasteiger partial charge in [0.25, 0.3) is 0 Å². The third kappa shape index (κ3) is 4.23. The van der Waals surface area contributed by atoms with Crippen molar-refractivity contribution < 1.29 is 15.1 Å². The lowest BCUT2D eigenvalue weighted by Crippen LogP contribution is -2.62. The number of rotatable bonds is 3. The van der Waals surface area contributed by atoms with Gasteiger partial charge in [-0.25, -0.2) is 4.79 Å². The molecule has 1 aromatic carbocycles. The van der Waals surface area contributed by atoms with E-state index in [-0.39, 0.29) is 11.6 Å². The third-order valence-electron chi connectivity index (χ3n) is 4.32. The predicted molar refractivity (Wildman–Crippen MR) is 96.5 cm³/mol. The molecular formula is C17H24N3O3S. The molecule has 1 radical (unpaired) electrons. The summed E-state index contributed by atoms with van der Waals surface area (Å²) in [5, 5.41) is 29.3. The van der Waals surface area contributed by atoms with E-state index in [0.29, 0.717) is 18.0 Å². The minimum atomic E-state index is -0.962. The highest BCUT2D eigenvalue weighted by atomic mass is 32.1. The second-order valence-electron chi connectivity index (χ2n) is 7.51. The molecule has 131 valence electrons. The molecule has 0 spiro atoms. The molecule has 0 bridgehead atoms. The lowest BCUT2D eigenvalue weighted by molar-refractivity contribution is -0.289. The maximum Gasteiger partial charge on any atom is 0.335 e. The van der Waals surface area contributed by atoms with E-state index < -0.39 is 17.0 Å². The summed E-state index contributed by atoms with van der Waals surface area (Å²) in [6, 6.07) is 6.49. The van der Waals surface area contributed by atoms with Crippen LogP contribution >= 0.6 is 12.2 Å². The molecule has 24 heavy (non-hydrogen) atoms. The second kappa shape index (κ2) is 6.66. The summed E-state index contributed by atoms with van der Waals surface area (Å²) < 4.78 is 0. The predicted octanol–water partition coefficient (Wildman–Crippen LogP) is 3.04. The normalized spacial score (nSPS) is 20.4. The summed E-state index contributed by atoms with van der Waals surface area (Å²) in [5.41, 5.74) is 0.0269. The average Bonchev–Trinajstić information content (AvgIpc) is 2.44. The minimum absolute atomic E-state index is 0.0958. The van der Waals surface area contributed by atoms with Crippen LogP contribution in [0.2, 0.25) is 0 Å². The van der Waals surface area contributed by atoms with Crippen molar-refractivity contribution in [3.05, 3.63) is 29.8 Å². The molecule has 0 aliphatic carbocycles.